The maximum atomic E-state index is 5.99. The van der Waals surface area contributed by atoms with Gasteiger partial charge in [-0.3, -0.25) is 0 Å². The summed E-state index contributed by atoms with van der Waals surface area (Å²) >= 11 is 7.32. The number of hydrogen-bond acceptors (Lipinski definition) is 1. The van der Waals surface area contributed by atoms with Gasteiger partial charge in [-0.2, -0.15) is 0 Å². The molecule has 1 nitrogen and oxygen atoms in total. The maximum absolute atomic E-state index is 5.99. The van der Waals surface area contributed by atoms with Crippen LogP contribution >= 0.6 is 31.9 Å². The van der Waals surface area contributed by atoms with E-state index in [0.717, 1.165) is 27.7 Å². The van der Waals surface area contributed by atoms with E-state index in [1.807, 2.05) is 0 Å². The molecule has 1 aliphatic carbocycles. The van der Waals surface area contributed by atoms with Gasteiger partial charge in [-0.1, -0.05) is 95.2 Å². The minimum atomic E-state index is 0.248. The number of unbranched alkanes of at least 4 members (excludes halogenated alkanes) is 5. The lowest BCUT2D eigenvalue weighted by Crippen LogP contribution is -2.01. The molecule has 0 fully saturated rings. The van der Waals surface area contributed by atoms with E-state index in [0.29, 0.717) is 0 Å². The summed E-state index contributed by atoms with van der Waals surface area (Å²) in [6.07, 6.45) is 7.72. The van der Waals surface area contributed by atoms with E-state index in [-0.39, 0.29) is 5.92 Å². The molecule has 1 aliphatic rings. The lowest BCUT2D eigenvalue weighted by Gasteiger charge is -2.16. The van der Waals surface area contributed by atoms with Crippen molar-refractivity contribution in [3.63, 3.8) is 0 Å². The van der Waals surface area contributed by atoms with Gasteiger partial charge in [0.1, 0.15) is 5.75 Å². The Hall–Kier alpha value is -1.58. The number of halogens is 2. The molecular weight excluding hydrogens is 500 g/mol. The van der Waals surface area contributed by atoms with Crippen LogP contribution in [0.4, 0.5) is 0 Å². The fraction of sp³-hybridized carbons (Fsp3) is 0.333. The fourth-order valence-corrected chi connectivity index (χ4v) is 5.15. The Morgan fingerprint density at radius 1 is 0.700 bits per heavy atom. The van der Waals surface area contributed by atoms with Crippen molar-refractivity contribution >= 4 is 31.9 Å². The van der Waals surface area contributed by atoms with E-state index in [2.05, 4.69) is 99.4 Å². The Balaban J connectivity index is 1.48. The maximum Gasteiger partial charge on any atom is 0.119 e. The van der Waals surface area contributed by atoms with E-state index in [9.17, 15) is 0 Å². The highest BCUT2D eigenvalue weighted by molar-refractivity contribution is 9.10. The van der Waals surface area contributed by atoms with E-state index in [4.69, 9.17) is 4.74 Å². The molecule has 0 bridgehead atoms. The molecular formula is C27H28Br2O. The van der Waals surface area contributed by atoms with E-state index >= 15 is 0 Å². The van der Waals surface area contributed by atoms with Crippen molar-refractivity contribution in [3.05, 3.63) is 86.3 Å². The highest BCUT2D eigenvalue weighted by atomic mass is 79.9. The third-order valence-corrected chi connectivity index (χ3v) is 6.91. The van der Waals surface area contributed by atoms with Crippen molar-refractivity contribution < 1.29 is 4.74 Å². The number of hydrogen-bond donors (Lipinski definition) is 0. The van der Waals surface area contributed by atoms with Crippen molar-refractivity contribution in [1.29, 1.82) is 0 Å². The molecule has 3 aromatic carbocycles. The number of rotatable bonds is 9. The third-order valence-electron chi connectivity index (χ3n) is 5.92. The van der Waals surface area contributed by atoms with Crippen LogP contribution in [0.5, 0.6) is 5.75 Å². The Morgan fingerprint density at radius 2 is 1.27 bits per heavy atom. The lowest BCUT2D eigenvalue weighted by atomic mass is 9.89. The van der Waals surface area contributed by atoms with Gasteiger partial charge in [0.05, 0.1) is 6.61 Å². The van der Waals surface area contributed by atoms with Gasteiger partial charge in [0.2, 0.25) is 0 Å². The number of fused-ring (bicyclic) bond motifs is 3. The second kappa shape index (κ2) is 10.2. The van der Waals surface area contributed by atoms with Crippen LogP contribution in [0.2, 0.25) is 0 Å². The Bertz CT molecular complexity index is 943. The van der Waals surface area contributed by atoms with Gasteiger partial charge in [0.25, 0.3) is 0 Å². The summed E-state index contributed by atoms with van der Waals surface area (Å²) in [7, 11) is 0. The highest BCUT2D eigenvalue weighted by Crippen LogP contribution is 2.49. The molecule has 0 amide bonds. The average Bonchev–Trinajstić information content (AvgIpc) is 3.06. The summed E-state index contributed by atoms with van der Waals surface area (Å²) in [4.78, 5) is 0. The summed E-state index contributed by atoms with van der Waals surface area (Å²) < 4.78 is 8.24. The molecule has 0 N–H and O–H groups in total. The molecule has 3 heteroatoms. The van der Waals surface area contributed by atoms with Crippen molar-refractivity contribution in [1.82, 2.24) is 0 Å². The van der Waals surface area contributed by atoms with E-state index < -0.39 is 0 Å². The number of benzene rings is 3. The Labute approximate surface area is 197 Å². The van der Waals surface area contributed by atoms with E-state index in [1.165, 1.54) is 59.9 Å². The van der Waals surface area contributed by atoms with Gasteiger partial charge in [-0.25, -0.2) is 0 Å². The SMILES string of the molecule is CCCCCCCCOc1ccc(C2c3cc(Br)ccc3-c3ccc(Br)cc32)cc1. The predicted octanol–water partition coefficient (Wildman–Crippen LogP) is 9.11. The monoisotopic (exact) mass is 526 g/mol. The Morgan fingerprint density at radius 3 is 1.87 bits per heavy atom. The van der Waals surface area contributed by atoms with Crippen LogP contribution in [0.3, 0.4) is 0 Å². The zero-order valence-electron chi connectivity index (χ0n) is 17.5. The molecule has 0 unspecified atom stereocenters. The zero-order chi connectivity index (χ0) is 20.9. The highest BCUT2D eigenvalue weighted by Gasteiger charge is 2.30. The largest absolute Gasteiger partial charge is 0.494 e. The van der Waals surface area contributed by atoms with Gasteiger partial charge in [-0.05, 0) is 70.6 Å². The molecule has 0 saturated heterocycles. The quantitative estimate of drug-likeness (QED) is 0.197. The lowest BCUT2D eigenvalue weighted by molar-refractivity contribution is 0.304. The first-order valence-corrected chi connectivity index (χ1v) is 12.6. The molecule has 156 valence electrons. The Kier molecular flexibility index (Phi) is 7.32. The normalized spacial score (nSPS) is 12.6. The van der Waals surface area contributed by atoms with Gasteiger partial charge < -0.3 is 4.74 Å². The van der Waals surface area contributed by atoms with Crippen molar-refractivity contribution in [2.45, 2.75) is 51.4 Å². The van der Waals surface area contributed by atoms with Crippen LogP contribution in [-0.2, 0) is 0 Å². The molecule has 0 saturated carbocycles. The van der Waals surface area contributed by atoms with Gasteiger partial charge in [0.15, 0.2) is 0 Å². The third kappa shape index (κ3) is 4.84. The van der Waals surface area contributed by atoms with Crippen LogP contribution in [0.15, 0.2) is 69.6 Å². The molecule has 30 heavy (non-hydrogen) atoms. The topological polar surface area (TPSA) is 9.23 Å². The van der Waals surface area contributed by atoms with Crippen LogP contribution < -0.4 is 4.74 Å². The first-order valence-electron chi connectivity index (χ1n) is 11.0. The van der Waals surface area contributed by atoms with Crippen molar-refractivity contribution in [2.24, 2.45) is 0 Å². The minimum absolute atomic E-state index is 0.248. The first-order chi connectivity index (χ1) is 14.7. The zero-order valence-corrected chi connectivity index (χ0v) is 20.6. The molecule has 0 aliphatic heterocycles. The van der Waals surface area contributed by atoms with E-state index in [1.54, 1.807) is 0 Å². The van der Waals surface area contributed by atoms with Crippen molar-refractivity contribution in [3.8, 4) is 16.9 Å². The minimum Gasteiger partial charge on any atom is -0.494 e. The average molecular weight is 528 g/mol. The second-order valence-corrected chi connectivity index (χ2v) is 9.91. The van der Waals surface area contributed by atoms with Crippen LogP contribution in [0.1, 0.15) is 68.1 Å². The molecule has 0 heterocycles. The van der Waals surface area contributed by atoms with Crippen molar-refractivity contribution in [2.75, 3.05) is 6.61 Å². The number of ether oxygens (including phenoxy) is 1. The molecule has 3 aromatic rings. The summed E-state index contributed by atoms with van der Waals surface area (Å²) in [5, 5.41) is 0. The molecule has 0 atom stereocenters. The smallest absolute Gasteiger partial charge is 0.119 e. The second-order valence-electron chi connectivity index (χ2n) is 8.08. The predicted molar refractivity (Wildman–Crippen MR) is 134 cm³/mol. The molecule has 0 radical (unpaired) electrons. The van der Waals surface area contributed by atoms with Gasteiger partial charge in [0, 0.05) is 14.9 Å². The molecule has 0 aromatic heterocycles. The summed E-state index contributed by atoms with van der Waals surface area (Å²) in [5.41, 5.74) is 6.68. The van der Waals surface area contributed by atoms with Crippen LogP contribution in [0, 0.1) is 0 Å². The molecule has 4 rings (SSSR count). The van der Waals surface area contributed by atoms with Crippen LogP contribution in [0.25, 0.3) is 11.1 Å². The fourth-order valence-electron chi connectivity index (χ4n) is 4.39. The summed E-state index contributed by atoms with van der Waals surface area (Å²) in [6.45, 7) is 3.06. The standard InChI is InChI=1S/C27H28Br2O/c1-2-3-4-5-6-7-16-30-22-12-8-19(9-13-22)27-25-17-20(28)10-14-23(25)24-15-11-21(29)18-26(24)27/h8-15,17-18,27H,2-7,16H2,1H3. The van der Waals surface area contributed by atoms with Gasteiger partial charge >= 0.3 is 0 Å². The van der Waals surface area contributed by atoms with Gasteiger partial charge in [-0.15, -0.1) is 0 Å². The summed E-state index contributed by atoms with van der Waals surface area (Å²) in [5.74, 6) is 1.21. The summed E-state index contributed by atoms with van der Waals surface area (Å²) in [6, 6.07) is 21.9. The van der Waals surface area contributed by atoms with Crippen LogP contribution in [-0.4, -0.2) is 6.61 Å². The first kappa shape index (κ1) is 21.6. The molecule has 0 spiro atoms.